The molecular weight excluding hydrogens is 216 g/mol. The summed E-state index contributed by atoms with van der Waals surface area (Å²) in [5.74, 6) is -0.321. The molecule has 1 rings (SSSR count). The Bertz CT molecular complexity index is 361. The van der Waals surface area contributed by atoms with E-state index >= 15 is 0 Å². The van der Waals surface area contributed by atoms with Crippen LogP contribution in [0, 0.1) is 0 Å². The van der Waals surface area contributed by atoms with Gasteiger partial charge in [-0.25, -0.2) is 4.98 Å². The number of rotatable bonds is 6. The van der Waals surface area contributed by atoms with Gasteiger partial charge < -0.3 is 15.6 Å². The molecule has 2 unspecified atom stereocenters. The van der Waals surface area contributed by atoms with E-state index in [1.54, 1.807) is 12.5 Å². The van der Waals surface area contributed by atoms with Crippen LogP contribution in [0.25, 0.3) is 0 Å². The van der Waals surface area contributed by atoms with Gasteiger partial charge in [-0.2, -0.15) is 0 Å². The van der Waals surface area contributed by atoms with E-state index in [1.807, 2.05) is 38.5 Å². The largest absolute Gasteiger partial charge is 0.368 e. The minimum atomic E-state index is -0.697. The van der Waals surface area contributed by atoms with E-state index in [0.29, 0.717) is 6.42 Å². The Kier molecular flexibility index (Phi) is 4.28. The molecule has 17 heavy (non-hydrogen) atoms. The summed E-state index contributed by atoms with van der Waals surface area (Å²) in [6.07, 6.45) is 6.01. The molecule has 1 aromatic heterocycles. The maximum Gasteiger partial charge on any atom is 0.237 e. The van der Waals surface area contributed by atoms with Crippen molar-refractivity contribution in [3.8, 4) is 0 Å². The Morgan fingerprint density at radius 1 is 1.53 bits per heavy atom. The molecule has 3 N–H and O–H groups in total. The second-order valence-corrected chi connectivity index (χ2v) is 5.06. The molecule has 0 aliphatic rings. The minimum absolute atomic E-state index is 0.168. The van der Waals surface area contributed by atoms with Gasteiger partial charge in [0.1, 0.15) is 0 Å². The third kappa shape index (κ3) is 3.56. The molecular formula is C12H22N4O. The number of carbonyl (C=O) groups is 1. The summed E-state index contributed by atoms with van der Waals surface area (Å²) in [5.41, 5.74) is 4.80. The van der Waals surface area contributed by atoms with Crippen LogP contribution >= 0.6 is 0 Å². The van der Waals surface area contributed by atoms with Crippen molar-refractivity contribution in [2.45, 2.75) is 51.7 Å². The molecule has 0 aliphatic heterocycles. The quantitative estimate of drug-likeness (QED) is 0.778. The number of imidazole rings is 1. The van der Waals surface area contributed by atoms with Crippen LogP contribution in [0.3, 0.4) is 0 Å². The van der Waals surface area contributed by atoms with Gasteiger partial charge >= 0.3 is 0 Å². The lowest BCUT2D eigenvalue weighted by atomic mass is 9.92. The smallest absolute Gasteiger partial charge is 0.237 e. The summed E-state index contributed by atoms with van der Waals surface area (Å²) in [7, 11) is 0. The van der Waals surface area contributed by atoms with Crippen molar-refractivity contribution in [1.29, 1.82) is 0 Å². The first-order chi connectivity index (χ1) is 7.85. The normalized spacial score (nSPS) is 16.8. The molecule has 2 atom stereocenters. The lowest BCUT2D eigenvalue weighted by molar-refractivity contribution is -0.124. The van der Waals surface area contributed by atoms with Crippen LogP contribution in [-0.2, 0) is 4.79 Å². The first kappa shape index (κ1) is 13.7. The highest BCUT2D eigenvalue weighted by Crippen LogP contribution is 2.21. The topological polar surface area (TPSA) is 72.9 Å². The van der Waals surface area contributed by atoms with Crippen LogP contribution in [0.5, 0.6) is 0 Å². The van der Waals surface area contributed by atoms with Crippen LogP contribution in [0.4, 0.5) is 0 Å². The maximum atomic E-state index is 11.6. The molecule has 0 spiro atoms. The number of hydrogen-bond acceptors (Lipinski definition) is 3. The third-order valence-electron chi connectivity index (χ3n) is 2.89. The van der Waals surface area contributed by atoms with Crippen molar-refractivity contribution in [3.05, 3.63) is 18.7 Å². The zero-order valence-electron chi connectivity index (χ0n) is 11.0. The third-order valence-corrected chi connectivity index (χ3v) is 2.89. The molecule has 1 heterocycles. The fourth-order valence-electron chi connectivity index (χ4n) is 2.09. The van der Waals surface area contributed by atoms with Crippen LogP contribution in [0.1, 0.15) is 40.2 Å². The molecule has 0 saturated carbocycles. The number of aromatic nitrogens is 2. The second kappa shape index (κ2) is 5.31. The number of carbonyl (C=O) groups excluding carboxylic acids is 1. The van der Waals surface area contributed by atoms with Crippen molar-refractivity contribution < 1.29 is 4.79 Å². The molecule has 0 aromatic carbocycles. The molecule has 1 amide bonds. The summed E-state index contributed by atoms with van der Waals surface area (Å²) in [5, 5.41) is 3.24. The molecule has 96 valence electrons. The summed E-state index contributed by atoms with van der Waals surface area (Å²) in [6.45, 7) is 7.90. The van der Waals surface area contributed by atoms with Crippen LogP contribution in [0.2, 0.25) is 0 Å². The summed E-state index contributed by atoms with van der Waals surface area (Å²) in [6, 6.07) is 0.378. The zero-order valence-corrected chi connectivity index (χ0v) is 11.0. The van der Waals surface area contributed by atoms with E-state index in [-0.39, 0.29) is 18.0 Å². The van der Waals surface area contributed by atoms with Gasteiger partial charge in [0.15, 0.2) is 0 Å². The summed E-state index contributed by atoms with van der Waals surface area (Å²) >= 11 is 0. The molecule has 5 heteroatoms. The molecule has 0 radical (unpaired) electrons. The molecule has 0 fully saturated rings. The molecule has 5 nitrogen and oxygen atoms in total. The number of nitrogens with two attached hydrogens (primary N) is 1. The van der Waals surface area contributed by atoms with Crippen LogP contribution in [0.15, 0.2) is 18.7 Å². The average Bonchev–Trinajstić information content (AvgIpc) is 2.68. The van der Waals surface area contributed by atoms with E-state index in [1.165, 1.54) is 0 Å². The molecule has 0 aliphatic carbocycles. The van der Waals surface area contributed by atoms with E-state index < -0.39 is 5.54 Å². The lowest BCUT2D eigenvalue weighted by Crippen LogP contribution is -2.56. The average molecular weight is 238 g/mol. The van der Waals surface area contributed by atoms with Crippen molar-refractivity contribution in [3.63, 3.8) is 0 Å². The standard InChI is InChI=1S/C12H22N4O/c1-9(2)15-12(4,11(13)17)7-10(3)16-6-5-14-8-16/h5-6,8-10,15H,7H2,1-4H3,(H2,13,17). The van der Waals surface area contributed by atoms with Crippen LogP contribution < -0.4 is 11.1 Å². The molecule has 0 bridgehead atoms. The maximum absolute atomic E-state index is 11.6. The number of amides is 1. The van der Waals surface area contributed by atoms with Crippen molar-refractivity contribution in [2.24, 2.45) is 5.73 Å². The minimum Gasteiger partial charge on any atom is -0.368 e. The Labute approximate surface area is 102 Å². The highest BCUT2D eigenvalue weighted by Gasteiger charge is 2.33. The van der Waals surface area contributed by atoms with E-state index in [2.05, 4.69) is 10.3 Å². The van der Waals surface area contributed by atoms with Crippen molar-refractivity contribution in [1.82, 2.24) is 14.9 Å². The first-order valence-corrected chi connectivity index (χ1v) is 5.90. The fraction of sp³-hybridized carbons (Fsp3) is 0.667. The molecule has 1 aromatic rings. The van der Waals surface area contributed by atoms with E-state index in [9.17, 15) is 4.79 Å². The number of primary amides is 1. The van der Waals surface area contributed by atoms with Crippen LogP contribution in [-0.4, -0.2) is 27.0 Å². The Morgan fingerprint density at radius 2 is 2.18 bits per heavy atom. The monoisotopic (exact) mass is 238 g/mol. The van der Waals surface area contributed by atoms with E-state index in [0.717, 1.165) is 0 Å². The Morgan fingerprint density at radius 3 is 2.59 bits per heavy atom. The zero-order chi connectivity index (χ0) is 13.1. The van der Waals surface area contributed by atoms with Gasteiger partial charge in [-0.1, -0.05) is 0 Å². The van der Waals surface area contributed by atoms with Gasteiger partial charge in [0.05, 0.1) is 11.9 Å². The lowest BCUT2D eigenvalue weighted by Gasteiger charge is -2.32. The van der Waals surface area contributed by atoms with Gasteiger partial charge in [-0.3, -0.25) is 4.79 Å². The number of hydrogen-bond donors (Lipinski definition) is 2. The fourth-order valence-corrected chi connectivity index (χ4v) is 2.09. The predicted molar refractivity (Wildman–Crippen MR) is 67.4 cm³/mol. The summed E-state index contributed by atoms with van der Waals surface area (Å²) < 4.78 is 1.98. The van der Waals surface area contributed by atoms with Gasteiger partial charge in [0.2, 0.25) is 5.91 Å². The van der Waals surface area contributed by atoms with Gasteiger partial charge in [-0.15, -0.1) is 0 Å². The van der Waals surface area contributed by atoms with Crippen molar-refractivity contribution in [2.75, 3.05) is 0 Å². The number of nitrogens with zero attached hydrogens (tertiary/aromatic N) is 2. The van der Waals surface area contributed by atoms with Gasteiger partial charge in [0.25, 0.3) is 0 Å². The van der Waals surface area contributed by atoms with Gasteiger partial charge in [-0.05, 0) is 34.1 Å². The summed E-state index contributed by atoms with van der Waals surface area (Å²) in [4.78, 5) is 15.6. The Hall–Kier alpha value is -1.36. The highest BCUT2D eigenvalue weighted by molar-refractivity contribution is 5.84. The number of nitrogens with one attached hydrogen (secondary N) is 1. The van der Waals surface area contributed by atoms with E-state index in [4.69, 9.17) is 5.73 Å². The second-order valence-electron chi connectivity index (χ2n) is 5.06. The van der Waals surface area contributed by atoms with Gasteiger partial charge in [0, 0.05) is 24.5 Å². The first-order valence-electron chi connectivity index (χ1n) is 5.90. The predicted octanol–water partition coefficient (Wildman–Crippen LogP) is 1.08. The molecule has 0 saturated heterocycles. The Balaban J connectivity index is 2.76. The van der Waals surface area contributed by atoms with Crippen molar-refractivity contribution >= 4 is 5.91 Å². The highest BCUT2D eigenvalue weighted by atomic mass is 16.1. The SMILES string of the molecule is CC(C)NC(C)(CC(C)n1ccnc1)C(N)=O.